The van der Waals surface area contributed by atoms with Crippen LogP contribution in [0.15, 0.2) is 91.1 Å². The molecule has 0 radical (unpaired) electrons. The second-order valence-corrected chi connectivity index (χ2v) is 13.1. The zero-order valence-corrected chi connectivity index (χ0v) is 27.9. The number of aromatic nitrogens is 3. The second-order valence-electron chi connectivity index (χ2n) is 12.3. The van der Waals surface area contributed by atoms with E-state index in [2.05, 4.69) is 44.0 Å². The van der Waals surface area contributed by atoms with E-state index in [1.165, 1.54) is 0 Å². The zero-order valence-electron chi connectivity index (χ0n) is 26.4. The number of anilines is 1. The minimum Gasteiger partial charge on any atom is -0.353 e. The monoisotopic (exact) mass is 654 g/mol. The number of likely N-dealkylation sites (tertiary alicyclic amines) is 1. The van der Waals surface area contributed by atoms with Crippen molar-refractivity contribution in [2.24, 2.45) is 0 Å². The molecule has 3 aromatic carbocycles. The summed E-state index contributed by atoms with van der Waals surface area (Å²) in [4.78, 5) is 27.1. The van der Waals surface area contributed by atoms with Gasteiger partial charge in [0.15, 0.2) is 0 Å². The molecule has 6 rings (SSSR count). The molecule has 1 amide bonds. The average Bonchev–Trinajstić information content (AvgIpc) is 3.41. The number of likely N-dealkylation sites (N-methyl/N-ethyl adjacent to an activating group) is 1. The number of carbonyl (C=O) groups excluding carboxylic acids is 1. The minimum atomic E-state index is 0.0195. The van der Waals surface area contributed by atoms with Crippen LogP contribution in [-0.4, -0.2) is 69.5 Å². The Balaban J connectivity index is 1.09. The summed E-state index contributed by atoms with van der Waals surface area (Å²) in [6.45, 7) is 6.20. The van der Waals surface area contributed by atoms with Crippen LogP contribution in [0, 0.1) is 6.92 Å². The van der Waals surface area contributed by atoms with Gasteiger partial charge < -0.3 is 19.7 Å². The molecule has 2 aromatic heterocycles. The average molecular weight is 656 g/mol. The molecule has 1 saturated heterocycles. The van der Waals surface area contributed by atoms with E-state index < -0.39 is 0 Å². The number of imidazole rings is 1. The van der Waals surface area contributed by atoms with Gasteiger partial charge in [0, 0.05) is 50.4 Å². The molecule has 0 spiro atoms. The van der Waals surface area contributed by atoms with E-state index in [9.17, 15) is 4.79 Å². The Morgan fingerprint density at radius 1 is 0.978 bits per heavy atom. The number of nitrogens with one attached hydrogen (secondary N) is 1. The maximum absolute atomic E-state index is 13.3. The molecule has 1 aliphatic rings. The highest BCUT2D eigenvalue weighted by Crippen LogP contribution is 2.30. The molecule has 1 unspecified atom stereocenters. The Morgan fingerprint density at radius 2 is 1.74 bits per heavy atom. The number of benzene rings is 3. The molecule has 1 aliphatic heterocycles. The molecule has 0 saturated carbocycles. The summed E-state index contributed by atoms with van der Waals surface area (Å²) in [5.41, 5.74) is 6.02. The molecule has 1 atom stereocenters. The van der Waals surface area contributed by atoms with Crippen LogP contribution in [0.4, 0.5) is 5.95 Å². The third kappa shape index (κ3) is 7.72. The molecule has 0 aliphatic carbocycles. The lowest BCUT2D eigenvalue weighted by atomic mass is 9.94. The van der Waals surface area contributed by atoms with Gasteiger partial charge in [-0.1, -0.05) is 65.2 Å². The number of nitrogens with zero attached hydrogens (tertiary/aromatic N) is 5. The van der Waals surface area contributed by atoms with Gasteiger partial charge in [0.05, 0.1) is 33.3 Å². The largest absolute Gasteiger partial charge is 0.353 e. The van der Waals surface area contributed by atoms with E-state index in [4.69, 9.17) is 28.2 Å². The fourth-order valence-corrected chi connectivity index (χ4v) is 6.59. The van der Waals surface area contributed by atoms with Gasteiger partial charge in [-0.25, -0.2) is 4.98 Å². The number of para-hydroxylation sites is 2. The van der Waals surface area contributed by atoms with E-state index in [1.807, 2.05) is 85.7 Å². The second kappa shape index (κ2) is 14.7. The molecular formula is C37H40Cl2N6O. The smallest absolute Gasteiger partial charge is 0.253 e. The molecule has 7 nitrogen and oxygen atoms in total. The lowest BCUT2D eigenvalue weighted by Crippen LogP contribution is -2.40. The van der Waals surface area contributed by atoms with Crippen molar-refractivity contribution < 1.29 is 4.79 Å². The summed E-state index contributed by atoms with van der Waals surface area (Å²) in [5, 5.41) is 4.84. The van der Waals surface area contributed by atoms with Gasteiger partial charge in [-0.05, 0) is 86.8 Å². The van der Waals surface area contributed by atoms with Gasteiger partial charge >= 0.3 is 0 Å². The Labute approximate surface area is 281 Å². The van der Waals surface area contributed by atoms with Crippen molar-refractivity contribution in [1.29, 1.82) is 0 Å². The number of aryl methyl sites for hydroxylation is 1. The van der Waals surface area contributed by atoms with Crippen LogP contribution in [0.25, 0.3) is 11.0 Å². The number of amides is 1. The van der Waals surface area contributed by atoms with Gasteiger partial charge in [0.25, 0.3) is 5.91 Å². The lowest BCUT2D eigenvalue weighted by Gasteiger charge is -2.34. The van der Waals surface area contributed by atoms with Gasteiger partial charge in [0.2, 0.25) is 5.95 Å². The van der Waals surface area contributed by atoms with Crippen LogP contribution in [0.1, 0.15) is 52.4 Å². The van der Waals surface area contributed by atoms with Crippen molar-refractivity contribution >= 4 is 46.1 Å². The van der Waals surface area contributed by atoms with Crippen molar-refractivity contribution in [2.45, 2.75) is 44.7 Å². The molecule has 9 heteroatoms. The van der Waals surface area contributed by atoms with Gasteiger partial charge in [0.1, 0.15) is 0 Å². The van der Waals surface area contributed by atoms with Crippen LogP contribution in [-0.2, 0) is 6.54 Å². The summed E-state index contributed by atoms with van der Waals surface area (Å²) in [7, 11) is 1.88. The van der Waals surface area contributed by atoms with E-state index in [0.29, 0.717) is 34.7 Å². The van der Waals surface area contributed by atoms with Crippen molar-refractivity contribution in [3.8, 4) is 0 Å². The summed E-state index contributed by atoms with van der Waals surface area (Å²) in [6, 6.07) is 28.2. The van der Waals surface area contributed by atoms with Gasteiger partial charge in [-0.3, -0.25) is 9.78 Å². The number of piperidine rings is 1. The SMILES string of the molecule is Cc1ccc(C(=O)N(C)CC(CCN2CCC(Nc3nc4ccccc4n3Cc3ccccn3)CC2)c2ccc(Cl)c(Cl)c2)cc1. The van der Waals surface area contributed by atoms with Crippen molar-refractivity contribution in [2.75, 3.05) is 38.5 Å². The number of fused-ring (bicyclic) bond motifs is 1. The Hall–Kier alpha value is -3.91. The third-order valence-electron chi connectivity index (χ3n) is 8.97. The molecular weight excluding hydrogens is 615 g/mol. The van der Waals surface area contributed by atoms with Gasteiger partial charge in [-0.15, -0.1) is 0 Å². The molecule has 3 heterocycles. The topological polar surface area (TPSA) is 66.3 Å². The van der Waals surface area contributed by atoms with Crippen LogP contribution < -0.4 is 5.32 Å². The maximum Gasteiger partial charge on any atom is 0.253 e. The summed E-state index contributed by atoms with van der Waals surface area (Å²) < 4.78 is 2.24. The summed E-state index contributed by atoms with van der Waals surface area (Å²) in [5.74, 6) is 1.04. The standard InChI is InChI=1S/C37H40Cl2N6O/c1-26-10-12-27(13-11-26)36(46)43(2)24-29(28-14-15-32(38)33(39)23-28)16-20-44-21-17-30(18-22-44)41-37-42-34-8-3-4-9-35(34)45(37)25-31-7-5-6-19-40-31/h3-15,19,23,29-30H,16-18,20-22,24-25H2,1-2H3,(H,41,42). The first-order valence-electron chi connectivity index (χ1n) is 15.9. The molecule has 46 heavy (non-hydrogen) atoms. The van der Waals surface area contributed by atoms with E-state index in [-0.39, 0.29) is 11.8 Å². The van der Waals surface area contributed by atoms with E-state index in [1.54, 1.807) is 0 Å². The molecule has 1 N–H and O–H groups in total. The molecule has 5 aromatic rings. The third-order valence-corrected chi connectivity index (χ3v) is 9.71. The lowest BCUT2D eigenvalue weighted by molar-refractivity contribution is 0.0782. The number of halogens is 2. The van der Waals surface area contributed by atoms with E-state index >= 15 is 0 Å². The van der Waals surface area contributed by atoms with Gasteiger partial charge in [-0.2, -0.15) is 0 Å². The van der Waals surface area contributed by atoms with Crippen LogP contribution >= 0.6 is 23.2 Å². The summed E-state index contributed by atoms with van der Waals surface area (Å²) >= 11 is 12.7. The first kappa shape index (κ1) is 32.0. The molecule has 238 valence electrons. The van der Waals surface area contributed by atoms with Crippen molar-refractivity contribution in [3.63, 3.8) is 0 Å². The first-order valence-corrected chi connectivity index (χ1v) is 16.7. The quantitative estimate of drug-likeness (QED) is 0.157. The first-order chi connectivity index (χ1) is 22.3. The van der Waals surface area contributed by atoms with Crippen LogP contribution in [0.2, 0.25) is 10.0 Å². The molecule has 1 fully saturated rings. The Bertz CT molecular complexity index is 1770. The highest BCUT2D eigenvalue weighted by molar-refractivity contribution is 6.42. The predicted octanol–water partition coefficient (Wildman–Crippen LogP) is 7.92. The number of hydrogen-bond donors (Lipinski definition) is 1. The normalized spacial score (nSPS) is 14.8. The number of carbonyl (C=O) groups is 1. The Kier molecular flexibility index (Phi) is 10.2. The predicted molar refractivity (Wildman–Crippen MR) is 188 cm³/mol. The maximum atomic E-state index is 13.3. The van der Waals surface area contributed by atoms with Crippen LogP contribution in [0.3, 0.4) is 0 Å². The van der Waals surface area contributed by atoms with Crippen molar-refractivity contribution in [1.82, 2.24) is 24.3 Å². The Morgan fingerprint density at radius 3 is 2.48 bits per heavy atom. The van der Waals surface area contributed by atoms with E-state index in [0.717, 1.165) is 72.7 Å². The zero-order chi connectivity index (χ0) is 32.0. The fourth-order valence-electron chi connectivity index (χ4n) is 6.28. The van der Waals surface area contributed by atoms with Crippen molar-refractivity contribution in [3.05, 3.63) is 124 Å². The number of rotatable bonds is 11. The highest BCUT2D eigenvalue weighted by atomic mass is 35.5. The number of pyridine rings is 1. The fraction of sp³-hybridized carbons (Fsp3) is 0.324. The minimum absolute atomic E-state index is 0.0195. The summed E-state index contributed by atoms with van der Waals surface area (Å²) in [6.07, 6.45) is 4.79. The number of hydrogen-bond acceptors (Lipinski definition) is 5. The molecule has 0 bridgehead atoms. The highest BCUT2D eigenvalue weighted by Gasteiger charge is 2.24. The van der Waals surface area contributed by atoms with Crippen LogP contribution in [0.5, 0.6) is 0 Å².